The lowest BCUT2D eigenvalue weighted by molar-refractivity contribution is -0.153. The van der Waals surface area contributed by atoms with Crippen molar-refractivity contribution in [2.45, 2.75) is 11.9 Å². The van der Waals surface area contributed by atoms with Crippen molar-refractivity contribution in [3.8, 4) is 5.75 Å². The minimum absolute atomic E-state index is 0.115. The molecule has 0 amide bonds. The van der Waals surface area contributed by atoms with Crippen LogP contribution in [0.3, 0.4) is 0 Å². The summed E-state index contributed by atoms with van der Waals surface area (Å²) in [6.07, 6.45) is -4.36. The fraction of sp³-hybridized carbons (Fsp3) is 0.455. The average Bonchev–Trinajstić information content (AvgIpc) is 2.27. The molecule has 1 aromatic carbocycles. The molecule has 0 aliphatic carbocycles. The minimum atomic E-state index is -4.36. The predicted molar refractivity (Wildman–Crippen MR) is 61.8 cm³/mol. The fourth-order valence-corrected chi connectivity index (χ4v) is 2.12. The predicted octanol–water partition coefficient (Wildman–Crippen LogP) is 1.87. The fourth-order valence-electron chi connectivity index (χ4n) is 1.21. The molecule has 1 rings (SSSR count). The summed E-state index contributed by atoms with van der Waals surface area (Å²) in [5, 5.41) is 8.59. The standard InChI is InChI=1S/C11H13F3O3S/c12-11(13,14)8-17-10-3-1-9(2-4-10)7-18(16)6-5-15/h1-4,15H,5-8H2. The van der Waals surface area contributed by atoms with Crippen molar-refractivity contribution in [2.24, 2.45) is 0 Å². The van der Waals surface area contributed by atoms with Crippen LogP contribution in [0.2, 0.25) is 0 Å². The smallest absolute Gasteiger partial charge is 0.422 e. The molecule has 0 heterocycles. The number of ether oxygens (including phenoxy) is 1. The van der Waals surface area contributed by atoms with Crippen LogP contribution < -0.4 is 4.74 Å². The summed E-state index contributed by atoms with van der Waals surface area (Å²) in [6, 6.07) is 5.91. The minimum Gasteiger partial charge on any atom is -0.484 e. The first-order valence-electron chi connectivity index (χ1n) is 5.15. The van der Waals surface area contributed by atoms with E-state index in [1.54, 1.807) is 12.1 Å². The van der Waals surface area contributed by atoms with Crippen molar-refractivity contribution in [1.82, 2.24) is 0 Å². The molecule has 3 nitrogen and oxygen atoms in total. The van der Waals surface area contributed by atoms with Crippen molar-refractivity contribution in [3.05, 3.63) is 29.8 Å². The molecule has 0 saturated heterocycles. The topological polar surface area (TPSA) is 46.5 Å². The van der Waals surface area contributed by atoms with Gasteiger partial charge in [0.1, 0.15) is 5.75 Å². The van der Waals surface area contributed by atoms with Gasteiger partial charge in [0.15, 0.2) is 6.61 Å². The number of aliphatic hydroxyl groups excluding tert-OH is 1. The molecule has 0 spiro atoms. The van der Waals surface area contributed by atoms with Gasteiger partial charge in [-0.1, -0.05) is 12.1 Å². The lowest BCUT2D eigenvalue weighted by Gasteiger charge is -2.09. The quantitative estimate of drug-likeness (QED) is 0.866. The van der Waals surface area contributed by atoms with Gasteiger partial charge >= 0.3 is 6.18 Å². The number of benzene rings is 1. The van der Waals surface area contributed by atoms with Gasteiger partial charge in [0.2, 0.25) is 0 Å². The zero-order chi connectivity index (χ0) is 13.6. The first-order chi connectivity index (χ1) is 8.40. The van der Waals surface area contributed by atoms with Gasteiger partial charge in [-0.05, 0) is 17.7 Å². The zero-order valence-corrected chi connectivity index (χ0v) is 10.3. The molecule has 1 unspecified atom stereocenters. The average molecular weight is 282 g/mol. The van der Waals surface area contributed by atoms with E-state index in [1.807, 2.05) is 0 Å². The SMILES string of the molecule is O=S(CCO)Cc1ccc(OCC(F)(F)F)cc1. The van der Waals surface area contributed by atoms with Gasteiger partial charge in [0.25, 0.3) is 0 Å². The van der Waals surface area contributed by atoms with E-state index in [9.17, 15) is 17.4 Å². The van der Waals surface area contributed by atoms with Crippen LogP contribution in [0.4, 0.5) is 13.2 Å². The molecule has 0 radical (unpaired) electrons. The number of hydrogen-bond donors (Lipinski definition) is 1. The van der Waals surface area contributed by atoms with E-state index < -0.39 is 23.6 Å². The van der Waals surface area contributed by atoms with Crippen molar-refractivity contribution in [1.29, 1.82) is 0 Å². The first-order valence-corrected chi connectivity index (χ1v) is 6.64. The van der Waals surface area contributed by atoms with Crippen molar-refractivity contribution in [2.75, 3.05) is 19.0 Å². The van der Waals surface area contributed by atoms with Crippen LogP contribution in [0.15, 0.2) is 24.3 Å². The van der Waals surface area contributed by atoms with Crippen LogP contribution in [-0.4, -0.2) is 34.5 Å². The highest BCUT2D eigenvalue weighted by molar-refractivity contribution is 7.84. The molecule has 0 aliphatic rings. The largest absolute Gasteiger partial charge is 0.484 e. The molecule has 1 atom stereocenters. The Morgan fingerprint density at radius 2 is 1.83 bits per heavy atom. The Morgan fingerprint density at radius 1 is 1.22 bits per heavy atom. The number of alkyl halides is 3. The maximum atomic E-state index is 11.9. The molecule has 0 bridgehead atoms. The summed E-state index contributed by atoms with van der Waals surface area (Å²) in [6.45, 7) is -1.48. The molecular formula is C11H13F3O3S. The van der Waals surface area contributed by atoms with Crippen molar-refractivity contribution >= 4 is 10.8 Å². The normalized spacial score (nSPS) is 13.3. The Balaban J connectivity index is 2.50. The molecule has 18 heavy (non-hydrogen) atoms. The van der Waals surface area contributed by atoms with Crippen LogP contribution in [0, 0.1) is 0 Å². The van der Waals surface area contributed by atoms with Crippen LogP contribution in [0.25, 0.3) is 0 Å². The molecular weight excluding hydrogens is 269 g/mol. The molecule has 0 fully saturated rings. The molecule has 0 saturated carbocycles. The zero-order valence-electron chi connectivity index (χ0n) is 9.44. The van der Waals surface area contributed by atoms with Gasteiger partial charge in [-0.15, -0.1) is 0 Å². The highest BCUT2D eigenvalue weighted by atomic mass is 32.2. The van der Waals surface area contributed by atoms with E-state index in [-0.39, 0.29) is 23.9 Å². The molecule has 0 aromatic heterocycles. The summed E-state index contributed by atoms with van der Waals surface area (Å²) >= 11 is 0. The van der Waals surface area contributed by atoms with E-state index in [2.05, 4.69) is 4.74 Å². The second kappa shape index (κ2) is 6.75. The third-order valence-corrected chi connectivity index (χ3v) is 3.27. The second-order valence-electron chi connectivity index (χ2n) is 3.56. The third kappa shape index (κ3) is 6.02. The monoisotopic (exact) mass is 282 g/mol. The second-order valence-corrected chi connectivity index (χ2v) is 5.14. The summed E-state index contributed by atoms with van der Waals surface area (Å²) in [4.78, 5) is 0. The summed E-state index contributed by atoms with van der Waals surface area (Å²) in [5.41, 5.74) is 0.723. The van der Waals surface area contributed by atoms with E-state index in [1.165, 1.54) is 12.1 Å². The van der Waals surface area contributed by atoms with Crippen molar-refractivity contribution in [3.63, 3.8) is 0 Å². The van der Waals surface area contributed by atoms with Crippen LogP contribution in [0.5, 0.6) is 5.75 Å². The maximum absolute atomic E-state index is 11.9. The van der Waals surface area contributed by atoms with Crippen LogP contribution >= 0.6 is 0 Å². The van der Waals surface area contributed by atoms with E-state index >= 15 is 0 Å². The molecule has 1 aromatic rings. The number of aliphatic hydroxyl groups is 1. The summed E-state index contributed by atoms with van der Waals surface area (Å²) in [7, 11) is -1.17. The Bertz CT molecular complexity index is 390. The van der Waals surface area contributed by atoms with E-state index in [4.69, 9.17) is 5.11 Å². The lowest BCUT2D eigenvalue weighted by atomic mass is 10.2. The van der Waals surface area contributed by atoms with Crippen LogP contribution in [0.1, 0.15) is 5.56 Å². The summed E-state index contributed by atoms with van der Waals surface area (Å²) < 4.78 is 51.5. The highest BCUT2D eigenvalue weighted by Crippen LogP contribution is 2.19. The van der Waals surface area contributed by atoms with Crippen LogP contribution in [-0.2, 0) is 16.6 Å². The van der Waals surface area contributed by atoms with Gasteiger partial charge in [-0.3, -0.25) is 4.21 Å². The Morgan fingerprint density at radius 3 is 2.33 bits per heavy atom. The Labute approximate surface area is 105 Å². The highest BCUT2D eigenvalue weighted by Gasteiger charge is 2.28. The first kappa shape index (κ1) is 15.0. The molecule has 7 heteroatoms. The molecule has 0 aliphatic heterocycles. The maximum Gasteiger partial charge on any atom is 0.422 e. The molecule has 102 valence electrons. The third-order valence-electron chi connectivity index (χ3n) is 1.97. The van der Waals surface area contributed by atoms with E-state index in [0.717, 1.165) is 5.56 Å². The Hall–Kier alpha value is -1.08. The lowest BCUT2D eigenvalue weighted by Crippen LogP contribution is -2.19. The van der Waals surface area contributed by atoms with Gasteiger partial charge in [-0.2, -0.15) is 13.2 Å². The Kier molecular flexibility index (Phi) is 5.61. The number of hydrogen-bond acceptors (Lipinski definition) is 3. The van der Waals surface area contributed by atoms with Gasteiger partial charge in [0.05, 0.1) is 6.61 Å². The number of rotatable bonds is 6. The van der Waals surface area contributed by atoms with E-state index in [0.29, 0.717) is 0 Å². The van der Waals surface area contributed by atoms with Gasteiger partial charge in [0, 0.05) is 22.3 Å². The molecule has 1 N–H and O–H groups in total. The van der Waals surface area contributed by atoms with Crippen molar-refractivity contribution < 1.29 is 27.2 Å². The van der Waals surface area contributed by atoms with Gasteiger partial charge < -0.3 is 9.84 Å². The number of halogens is 3. The van der Waals surface area contributed by atoms with Gasteiger partial charge in [-0.25, -0.2) is 0 Å². The summed E-state index contributed by atoms with van der Waals surface area (Å²) in [5.74, 6) is 0.566.